The van der Waals surface area contributed by atoms with Crippen molar-refractivity contribution in [2.45, 2.75) is 38.6 Å². The van der Waals surface area contributed by atoms with Crippen LogP contribution in [0.1, 0.15) is 43.7 Å². The molecule has 4 aliphatic rings. The number of ether oxygens (including phenoxy) is 2. The number of benzene rings is 1. The molecule has 0 bridgehead atoms. The van der Waals surface area contributed by atoms with Gasteiger partial charge >= 0.3 is 6.03 Å². The predicted octanol–water partition coefficient (Wildman–Crippen LogP) is 5.46. The summed E-state index contributed by atoms with van der Waals surface area (Å²) in [7, 11) is 3.34. The van der Waals surface area contributed by atoms with Crippen LogP contribution in [-0.4, -0.2) is 72.6 Å². The van der Waals surface area contributed by atoms with Gasteiger partial charge in [0.25, 0.3) is 5.91 Å². The Labute approximate surface area is 228 Å². The first-order valence-electron chi connectivity index (χ1n) is 13.7. The molecule has 8 nitrogen and oxygen atoms in total. The SMILES string of the molecule is CCN1C(=O)N2CC3=C(C(OC)=CC(OC)=CC3)C(C)C=C2C12CCN(C(=O)c1cc3ccccc3o1)CC2. The lowest BCUT2D eigenvalue weighted by Gasteiger charge is -2.44. The molecule has 0 N–H and O–H groups in total. The number of piperidine rings is 1. The molecule has 3 amide bonds. The third-order valence-corrected chi connectivity index (χ3v) is 8.71. The van der Waals surface area contributed by atoms with E-state index >= 15 is 0 Å². The second-order valence-corrected chi connectivity index (χ2v) is 10.7. The summed E-state index contributed by atoms with van der Waals surface area (Å²) in [5.41, 5.74) is 3.60. The third kappa shape index (κ3) is 3.96. The monoisotopic (exact) mass is 529 g/mol. The van der Waals surface area contributed by atoms with Gasteiger partial charge in [0.2, 0.25) is 0 Å². The van der Waals surface area contributed by atoms with E-state index < -0.39 is 5.54 Å². The van der Waals surface area contributed by atoms with E-state index in [1.54, 1.807) is 14.2 Å². The number of furan rings is 1. The molecule has 39 heavy (non-hydrogen) atoms. The topological polar surface area (TPSA) is 75.5 Å². The Morgan fingerprint density at radius 1 is 1.15 bits per heavy atom. The molecular formula is C31H35N3O5. The number of para-hydroxylation sites is 1. The van der Waals surface area contributed by atoms with Gasteiger partial charge in [-0.25, -0.2) is 4.79 Å². The number of amides is 3. The fourth-order valence-electron chi connectivity index (χ4n) is 6.80. The number of likely N-dealkylation sites (tertiary alicyclic amines) is 1. The number of carbonyl (C=O) groups is 2. The molecule has 1 spiro atoms. The highest BCUT2D eigenvalue weighted by Gasteiger charge is 2.55. The zero-order valence-corrected chi connectivity index (χ0v) is 23.0. The van der Waals surface area contributed by atoms with E-state index in [1.807, 2.05) is 58.0 Å². The van der Waals surface area contributed by atoms with E-state index in [-0.39, 0.29) is 17.9 Å². The minimum atomic E-state index is -0.445. The van der Waals surface area contributed by atoms with Crippen molar-refractivity contribution in [1.29, 1.82) is 0 Å². The van der Waals surface area contributed by atoms with E-state index in [0.717, 1.165) is 33.7 Å². The Hall–Kier alpha value is -3.94. The highest BCUT2D eigenvalue weighted by atomic mass is 16.5. The second-order valence-electron chi connectivity index (χ2n) is 10.7. The Morgan fingerprint density at radius 2 is 1.92 bits per heavy atom. The lowest BCUT2D eigenvalue weighted by molar-refractivity contribution is 0.0549. The minimum absolute atomic E-state index is 0.0323. The van der Waals surface area contributed by atoms with Crippen molar-refractivity contribution in [1.82, 2.24) is 14.7 Å². The van der Waals surface area contributed by atoms with E-state index in [4.69, 9.17) is 13.9 Å². The van der Waals surface area contributed by atoms with E-state index in [9.17, 15) is 9.59 Å². The van der Waals surface area contributed by atoms with Gasteiger partial charge in [0, 0.05) is 54.8 Å². The summed E-state index contributed by atoms with van der Waals surface area (Å²) in [6.45, 7) is 6.44. The molecule has 2 aromatic rings. The highest BCUT2D eigenvalue weighted by molar-refractivity contribution is 5.96. The molecule has 3 aliphatic heterocycles. The summed E-state index contributed by atoms with van der Waals surface area (Å²) >= 11 is 0. The molecular weight excluding hydrogens is 494 g/mol. The largest absolute Gasteiger partial charge is 0.497 e. The average molecular weight is 530 g/mol. The Morgan fingerprint density at radius 3 is 2.62 bits per heavy atom. The van der Waals surface area contributed by atoms with Crippen LogP contribution in [0.3, 0.4) is 0 Å². The van der Waals surface area contributed by atoms with Crippen molar-refractivity contribution in [3.8, 4) is 0 Å². The third-order valence-electron chi connectivity index (χ3n) is 8.71. The second kappa shape index (κ2) is 9.67. The average Bonchev–Trinajstić information content (AvgIpc) is 3.33. The van der Waals surface area contributed by atoms with Crippen LogP contribution >= 0.6 is 0 Å². The highest BCUT2D eigenvalue weighted by Crippen LogP contribution is 2.47. The van der Waals surface area contributed by atoms with Crippen molar-refractivity contribution in [3.63, 3.8) is 0 Å². The summed E-state index contributed by atoms with van der Waals surface area (Å²) in [5.74, 6) is 1.85. The molecule has 1 aliphatic carbocycles. The summed E-state index contributed by atoms with van der Waals surface area (Å²) in [6, 6.07) is 9.52. The minimum Gasteiger partial charge on any atom is -0.497 e. The summed E-state index contributed by atoms with van der Waals surface area (Å²) < 4.78 is 17.2. The van der Waals surface area contributed by atoms with Gasteiger partial charge in [-0.05, 0) is 50.0 Å². The van der Waals surface area contributed by atoms with Gasteiger partial charge in [-0.15, -0.1) is 0 Å². The van der Waals surface area contributed by atoms with Gasteiger partial charge in [-0.2, -0.15) is 0 Å². The zero-order valence-electron chi connectivity index (χ0n) is 23.0. The van der Waals surface area contributed by atoms with Crippen LogP contribution in [0, 0.1) is 5.92 Å². The van der Waals surface area contributed by atoms with Crippen LogP contribution in [0.2, 0.25) is 0 Å². The molecule has 1 aromatic heterocycles. The number of carbonyl (C=O) groups excluding carboxylic acids is 2. The normalized spacial score (nSPS) is 22.7. The molecule has 1 atom stereocenters. The van der Waals surface area contributed by atoms with Gasteiger partial charge in [0.05, 0.1) is 19.8 Å². The van der Waals surface area contributed by atoms with Crippen LogP contribution in [-0.2, 0) is 9.47 Å². The number of hydrogen-bond donors (Lipinski definition) is 0. The summed E-state index contributed by atoms with van der Waals surface area (Å²) in [4.78, 5) is 33.1. The van der Waals surface area contributed by atoms with Crippen LogP contribution in [0.15, 0.2) is 81.3 Å². The number of likely N-dealkylation sites (N-methyl/N-ethyl adjacent to an activating group) is 1. The van der Waals surface area contributed by atoms with Crippen LogP contribution in [0.25, 0.3) is 11.0 Å². The first-order valence-corrected chi connectivity index (χ1v) is 13.7. The van der Waals surface area contributed by atoms with Crippen LogP contribution in [0.4, 0.5) is 4.79 Å². The Balaban J connectivity index is 1.30. The predicted molar refractivity (Wildman–Crippen MR) is 148 cm³/mol. The van der Waals surface area contributed by atoms with Crippen LogP contribution < -0.4 is 0 Å². The van der Waals surface area contributed by atoms with E-state index in [2.05, 4.69) is 19.1 Å². The molecule has 2 fully saturated rings. The number of urea groups is 1. The zero-order chi connectivity index (χ0) is 27.3. The first-order chi connectivity index (χ1) is 18.9. The molecule has 1 aromatic carbocycles. The number of nitrogens with zero attached hydrogens (tertiary/aromatic N) is 3. The summed E-state index contributed by atoms with van der Waals surface area (Å²) in [5, 5.41) is 0.922. The fraction of sp³-hybridized carbons (Fsp3) is 0.419. The smallest absolute Gasteiger partial charge is 0.325 e. The maximum absolute atomic E-state index is 13.9. The maximum Gasteiger partial charge on any atom is 0.325 e. The summed E-state index contributed by atoms with van der Waals surface area (Å²) in [6.07, 6.45) is 8.28. The van der Waals surface area contributed by atoms with E-state index in [0.29, 0.717) is 56.8 Å². The maximum atomic E-state index is 13.9. The fourth-order valence-corrected chi connectivity index (χ4v) is 6.80. The van der Waals surface area contributed by atoms with Gasteiger partial charge < -0.3 is 23.7 Å². The first kappa shape index (κ1) is 25.3. The van der Waals surface area contributed by atoms with Gasteiger partial charge in [-0.1, -0.05) is 31.2 Å². The number of allylic oxidation sites excluding steroid dienone is 4. The van der Waals surface area contributed by atoms with Crippen molar-refractivity contribution < 1.29 is 23.5 Å². The van der Waals surface area contributed by atoms with Crippen LogP contribution in [0.5, 0.6) is 0 Å². The molecule has 6 rings (SSSR count). The number of hydrogen-bond acceptors (Lipinski definition) is 5. The quantitative estimate of drug-likeness (QED) is 0.526. The van der Waals surface area contributed by atoms with Crippen molar-refractivity contribution in [3.05, 3.63) is 82.7 Å². The molecule has 0 radical (unpaired) electrons. The Kier molecular flexibility index (Phi) is 6.28. The van der Waals surface area contributed by atoms with Crippen molar-refractivity contribution in [2.24, 2.45) is 5.92 Å². The molecule has 2 saturated heterocycles. The number of methoxy groups -OCH3 is 2. The van der Waals surface area contributed by atoms with E-state index in [1.165, 1.54) is 0 Å². The molecule has 0 saturated carbocycles. The molecule has 1 unspecified atom stereocenters. The standard InChI is InChI=1S/C31H35N3O5/c1-5-34-30(36)33-19-22-10-11-23(37-3)18-25(38-4)28(22)20(2)16-27(33)31(34)12-14-32(15-13-31)29(35)26-17-21-8-6-7-9-24(21)39-26/h6-9,11,16-18,20H,5,10,12-15,19H2,1-4H3. The lowest BCUT2D eigenvalue weighted by Crippen LogP contribution is -2.54. The van der Waals surface area contributed by atoms with Crippen molar-refractivity contribution >= 4 is 22.9 Å². The van der Waals surface area contributed by atoms with Crippen molar-refractivity contribution in [2.75, 3.05) is 40.4 Å². The van der Waals surface area contributed by atoms with Gasteiger partial charge in [-0.3, -0.25) is 9.69 Å². The molecule has 8 heteroatoms. The van der Waals surface area contributed by atoms with Gasteiger partial charge in [0.1, 0.15) is 17.1 Å². The lowest BCUT2D eigenvalue weighted by atomic mass is 9.81. The molecule has 204 valence electrons. The molecule has 4 heterocycles. The van der Waals surface area contributed by atoms with Gasteiger partial charge in [0.15, 0.2) is 5.76 Å². The number of fused-ring (bicyclic) bond motifs is 3. The number of rotatable bonds is 4. The Bertz CT molecular complexity index is 1420.